The molecular formula is C14H26N4O. The molecule has 0 aliphatic heterocycles. The number of hydrogen-bond acceptors (Lipinski definition) is 3. The highest BCUT2D eigenvalue weighted by molar-refractivity contribution is 5.80. The van der Waals surface area contributed by atoms with Crippen LogP contribution in [-0.2, 0) is 6.42 Å². The number of nitrogens with one attached hydrogen (secondary N) is 2. The van der Waals surface area contributed by atoms with E-state index in [2.05, 4.69) is 48.5 Å². The third kappa shape index (κ3) is 5.32. The maximum atomic E-state index is 5.15. The van der Waals surface area contributed by atoms with Crippen molar-refractivity contribution in [1.82, 2.24) is 15.8 Å². The molecule has 0 aliphatic carbocycles. The highest BCUT2D eigenvalue weighted by atomic mass is 16.5. The van der Waals surface area contributed by atoms with E-state index in [1.54, 1.807) is 0 Å². The van der Waals surface area contributed by atoms with Crippen LogP contribution in [0.5, 0.6) is 0 Å². The minimum atomic E-state index is 0.00400. The van der Waals surface area contributed by atoms with Gasteiger partial charge >= 0.3 is 0 Å². The Morgan fingerprint density at radius 1 is 1.32 bits per heavy atom. The summed E-state index contributed by atoms with van der Waals surface area (Å²) < 4.78 is 5.15. The molecule has 0 saturated carbocycles. The summed E-state index contributed by atoms with van der Waals surface area (Å²) in [6, 6.07) is 0. The molecule has 1 aromatic rings. The van der Waals surface area contributed by atoms with Gasteiger partial charge in [0.05, 0.1) is 5.69 Å². The Morgan fingerprint density at radius 2 is 2.00 bits per heavy atom. The molecule has 0 atom stereocenters. The zero-order chi connectivity index (χ0) is 14.5. The standard InChI is InChI=1S/C14H26N4O/c1-7-15-13(17-14(4,5)6)16-9-8-12-10(2)18-19-11(12)3/h7-9H2,1-6H3,(H2,15,16,17). The van der Waals surface area contributed by atoms with Crippen molar-refractivity contribution in [3.8, 4) is 0 Å². The summed E-state index contributed by atoms with van der Waals surface area (Å²) in [4.78, 5) is 4.58. The first-order valence-electron chi connectivity index (χ1n) is 6.81. The number of aryl methyl sites for hydroxylation is 2. The SMILES string of the molecule is CCNC(=NCCc1c(C)noc1C)NC(C)(C)C. The van der Waals surface area contributed by atoms with Crippen LogP contribution in [0.2, 0.25) is 0 Å². The molecule has 1 aromatic heterocycles. The lowest BCUT2D eigenvalue weighted by Crippen LogP contribution is -2.47. The van der Waals surface area contributed by atoms with E-state index in [0.29, 0.717) is 6.54 Å². The van der Waals surface area contributed by atoms with Gasteiger partial charge in [0.25, 0.3) is 0 Å². The Hall–Kier alpha value is -1.52. The van der Waals surface area contributed by atoms with Crippen LogP contribution in [0.15, 0.2) is 9.52 Å². The van der Waals surface area contributed by atoms with E-state index in [4.69, 9.17) is 4.52 Å². The molecule has 1 rings (SSSR count). The van der Waals surface area contributed by atoms with Gasteiger partial charge in [0.15, 0.2) is 5.96 Å². The summed E-state index contributed by atoms with van der Waals surface area (Å²) in [6.07, 6.45) is 0.849. The van der Waals surface area contributed by atoms with Crippen LogP contribution in [0.4, 0.5) is 0 Å². The van der Waals surface area contributed by atoms with Gasteiger partial charge in [-0.3, -0.25) is 4.99 Å². The Labute approximate surface area is 115 Å². The van der Waals surface area contributed by atoms with Gasteiger partial charge in [-0.1, -0.05) is 5.16 Å². The highest BCUT2D eigenvalue weighted by Gasteiger charge is 2.12. The molecule has 5 nitrogen and oxygen atoms in total. The van der Waals surface area contributed by atoms with Gasteiger partial charge in [-0.2, -0.15) is 0 Å². The topological polar surface area (TPSA) is 62.5 Å². The van der Waals surface area contributed by atoms with E-state index in [9.17, 15) is 0 Å². The predicted octanol–water partition coefficient (Wildman–Crippen LogP) is 2.19. The molecule has 0 bridgehead atoms. The van der Waals surface area contributed by atoms with Gasteiger partial charge in [0, 0.05) is 24.2 Å². The van der Waals surface area contributed by atoms with E-state index in [-0.39, 0.29) is 5.54 Å². The maximum absolute atomic E-state index is 5.15. The quantitative estimate of drug-likeness (QED) is 0.648. The number of aliphatic imine (C=N–C) groups is 1. The molecule has 1 heterocycles. The highest BCUT2D eigenvalue weighted by Crippen LogP contribution is 2.12. The van der Waals surface area contributed by atoms with Crippen LogP contribution >= 0.6 is 0 Å². The Balaban J connectivity index is 2.61. The number of nitrogens with zero attached hydrogens (tertiary/aromatic N) is 2. The maximum Gasteiger partial charge on any atom is 0.191 e. The lowest BCUT2D eigenvalue weighted by Gasteiger charge is -2.23. The summed E-state index contributed by atoms with van der Waals surface area (Å²) in [5.41, 5.74) is 2.13. The van der Waals surface area contributed by atoms with Crippen molar-refractivity contribution < 1.29 is 4.52 Å². The van der Waals surface area contributed by atoms with Gasteiger partial charge in [-0.25, -0.2) is 0 Å². The first-order chi connectivity index (χ1) is 8.83. The van der Waals surface area contributed by atoms with Crippen molar-refractivity contribution >= 4 is 5.96 Å². The normalized spacial score (nSPS) is 12.6. The first kappa shape index (κ1) is 15.5. The van der Waals surface area contributed by atoms with Crippen LogP contribution in [0, 0.1) is 13.8 Å². The summed E-state index contributed by atoms with van der Waals surface area (Å²) in [7, 11) is 0. The van der Waals surface area contributed by atoms with Gasteiger partial charge in [-0.15, -0.1) is 0 Å². The number of hydrogen-bond donors (Lipinski definition) is 2. The van der Waals surface area contributed by atoms with E-state index in [0.717, 1.165) is 35.9 Å². The lowest BCUT2D eigenvalue weighted by atomic mass is 10.1. The van der Waals surface area contributed by atoms with Crippen molar-refractivity contribution in [1.29, 1.82) is 0 Å². The average molecular weight is 266 g/mol. The minimum absolute atomic E-state index is 0.00400. The zero-order valence-electron chi connectivity index (χ0n) is 12.9. The number of aromatic nitrogens is 1. The largest absolute Gasteiger partial charge is 0.361 e. The zero-order valence-corrected chi connectivity index (χ0v) is 12.9. The summed E-state index contributed by atoms with van der Waals surface area (Å²) in [5, 5.41) is 10.6. The average Bonchev–Trinajstić information content (AvgIpc) is 2.58. The van der Waals surface area contributed by atoms with Crippen molar-refractivity contribution in [3.63, 3.8) is 0 Å². The molecule has 19 heavy (non-hydrogen) atoms. The molecule has 0 spiro atoms. The van der Waals surface area contributed by atoms with Gasteiger partial charge < -0.3 is 15.2 Å². The molecule has 0 radical (unpaired) electrons. The second kappa shape index (κ2) is 6.59. The van der Waals surface area contributed by atoms with Crippen LogP contribution in [-0.4, -0.2) is 29.7 Å². The Kier molecular flexibility index (Phi) is 5.39. The second-order valence-corrected chi connectivity index (χ2v) is 5.69. The van der Waals surface area contributed by atoms with Crippen LogP contribution in [0.25, 0.3) is 0 Å². The number of rotatable bonds is 4. The fraction of sp³-hybridized carbons (Fsp3) is 0.714. The van der Waals surface area contributed by atoms with Crippen LogP contribution < -0.4 is 10.6 Å². The molecular weight excluding hydrogens is 240 g/mol. The van der Waals surface area contributed by atoms with Crippen LogP contribution in [0.1, 0.15) is 44.7 Å². The Bertz CT molecular complexity index is 410. The fourth-order valence-electron chi connectivity index (χ4n) is 1.80. The third-order valence-electron chi connectivity index (χ3n) is 2.65. The van der Waals surface area contributed by atoms with Crippen molar-refractivity contribution in [3.05, 3.63) is 17.0 Å². The molecule has 0 aromatic carbocycles. The molecule has 5 heteroatoms. The monoisotopic (exact) mass is 266 g/mol. The summed E-state index contributed by atoms with van der Waals surface area (Å²) >= 11 is 0. The van der Waals surface area contributed by atoms with Crippen molar-refractivity contribution in [2.75, 3.05) is 13.1 Å². The van der Waals surface area contributed by atoms with E-state index >= 15 is 0 Å². The molecule has 0 unspecified atom stereocenters. The summed E-state index contributed by atoms with van der Waals surface area (Å²) in [5.74, 6) is 1.74. The predicted molar refractivity (Wildman–Crippen MR) is 78.5 cm³/mol. The van der Waals surface area contributed by atoms with E-state index in [1.807, 2.05) is 13.8 Å². The number of guanidine groups is 1. The van der Waals surface area contributed by atoms with E-state index in [1.165, 1.54) is 0 Å². The lowest BCUT2D eigenvalue weighted by molar-refractivity contribution is 0.392. The van der Waals surface area contributed by atoms with Gasteiger partial charge in [-0.05, 0) is 48.0 Å². The minimum Gasteiger partial charge on any atom is -0.361 e. The van der Waals surface area contributed by atoms with Crippen LogP contribution in [0.3, 0.4) is 0 Å². The Morgan fingerprint density at radius 3 is 2.47 bits per heavy atom. The molecule has 0 fully saturated rings. The first-order valence-corrected chi connectivity index (χ1v) is 6.81. The molecule has 0 aliphatic rings. The fourth-order valence-corrected chi connectivity index (χ4v) is 1.80. The molecule has 108 valence electrons. The molecule has 0 saturated heterocycles. The van der Waals surface area contributed by atoms with Crippen molar-refractivity contribution in [2.24, 2.45) is 4.99 Å². The van der Waals surface area contributed by atoms with Gasteiger partial charge in [0.2, 0.25) is 0 Å². The smallest absolute Gasteiger partial charge is 0.191 e. The second-order valence-electron chi connectivity index (χ2n) is 5.69. The van der Waals surface area contributed by atoms with E-state index < -0.39 is 0 Å². The third-order valence-corrected chi connectivity index (χ3v) is 2.65. The summed E-state index contributed by atoms with van der Waals surface area (Å²) in [6.45, 7) is 13.9. The molecule has 2 N–H and O–H groups in total. The van der Waals surface area contributed by atoms with Crippen molar-refractivity contribution in [2.45, 2.75) is 53.5 Å². The molecule has 0 amide bonds. The van der Waals surface area contributed by atoms with Gasteiger partial charge in [0.1, 0.15) is 5.76 Å².